The number of alkyl halides is 3. The molecule has 7 heteroatoms. The molecular weight excluding hydrogens is 271 g/mol. The van der Waals surface area contributed by atoms with Crippen LogP contribution < -0.4 is 0 Å². The number of halogens is 3. The van der Waals surface area contributed by atoms with Crippen molar-refractivity contribution in [1.82, 2.24) is 14.7 Å². The highest BCUT2D eigenvalue weighted by Crippen LogP contribution is 2.28. The lowest BCUT2D eigenvalue weighted by Gasteiger charge is -2.40. The summed E-state index contributed by atoms with van der Waals surface area (Å²) in [5, 5.41) is 0. The van der Waals surface area contributed by atoms with Crippen LogP contribution in [0, 0.1) is 0 Å². The van der Waals surface area contributed by atoms with Crippen molar-refractivity contribution in [2.24, 2.45) is 0 Å². The summed E-state index contributed by atoms with van der Waals surface area (Å²) in [6.45, 7) is 2.77. The standard InChI is InChI=1S/C13H22F3N3O/c1-17-6-3-10(4-7-17)19(12(20)13(14,15)16)11-5-8-18(2)9-11/h10-11H,3-9H2,1-2H3. The summed E-state index contributed by atoms with van der Waals surface area (Å²) in [6, 6.07) is -0.584. The zero-order valence-electron chi connectivity index (χ0n) is 12.0. The average Bonchev–Trinajstić information content (AvgIpc) is 2.77. The zero-order valence-corrected chi connectivity index (χ0v) is 12.0. The van der Waals surface area contributed by atoms with E-state index < -0.39 is 12.1 Å². The number of rotatable bonds is 2. The first-order chi connectivity index (χ1) is 9.29. The van der Waals surface area contributed by atoms with E-state index in [1.54, 1.807) is 0 Å². The predicted octanol–water partition coefficient (Wildman–Crippen LogP) is 1.18. The van der Waals surface area contributed by atoms with Gasteiger partial charge in [-0.1, -0.05) is 0 Å². The van der Waals surface area contributed by atoms with Gasteiger partial charge in [-0.15, -0.1) is 0 Å². The minimum absolute atomic E-state index is 0.281. The molecule has 2 aliphatic heterocycles. The third kappa shape index (κ3) is 3.44. The van der Waals surface area contributed by atoms with E-state index in [-0.39, 0.29) is 12.1 Å². The van der Waals surface area contributed by atoms with Gasteiger partial charge in [0, 0.05) is 18.6 Å². The third-order valence-electron chi connectivity index (χ3n) is 4.32. The second-order valence-electron chi connectivity index (χ2n) is 5.95. The van der Waals surface area contributed by atoms with Gasteiger partial charge in [0.05, 0.1) is 0 Å². The molecule has 0 bridgehead atoms. The maximum absolute atomic E-state index is 12.9. The molecule has 0 aromatic heterocycles. The maximum atomic E-state index is 12.9. The average molecular weight is 293 g/mol. The van der Waals surface area contributed by atoms with Crippen molar-refractivity contribution in [3.63, 3.8) is 0 Å². The summed E-state index contributed by atoms with van der Waals surface area (Å²) in [5.41, 5.74) is 0. The number of likely N-dealkylation sites (tertiary alicyclic amines) is 2. The van der Waals surface area contributed by atoms with Gasteiger partial charge in [-0.3, -0.25) is 4.79 Å². The topological polar surface area (TPSA) is 26.8 Å². The number of amides is 1. The normalized spacial score (nSPS) is 26.9. The number of carbonyl (C=O) groups is 1. The van der Waals surface area contributed by atoms with Crippen molar-refractivity contribution in [2.75, 3.05) is 40.3 Å². The van der Waals surface area contributed by atoms with Crippen molar-refractivity contribution in [3.8, 4) is 0 Å². The van der Waals surface area contributed by atoms with E-state index in [2.05, 4.69) is 4.90 Å². The smallest absolute Gasteiger partial charge is 0.327 e. The highest BCUT2D eigenvalue weighted by atomic mass is 19.4. The number of likely N-dealkylation sites (N-methyl/N-ethyl adjacent to an activating group) is 1. The Bertz CT molecular complexity index is 353. The van der Waals surface area contributed by atoms with Crippen molar-refractivity contribution < 1.29 is 18.0 Å². The summed E-state index contributed by atoms with van der Waals surface area (Å²) in [7, 11) is 3.83. The molecule has 2 saturated heterocycles. The molecule has 1 atom stereocenters. The highest BCUT2D eigenvalue weighted by Gasteiger charge is 2.48. The quantitative estimate of drug-likeness (QED) is 0.765. The van der Waals surface area contributed by atoms with Crippen LogP contribution in [0.15, 0.2) is 0 Å². The Morgan fingerprint density at radius 1 is 1.00 bits per heavy atom. The van der Waals surface area contributed by atoms with Crippen LogP contribution >= 0.6 is 0 Å². The molecule has 4 nitrogen and oxygen atoms in total. The molecule has 0 aliphatic carbocycles. The second kappa shape index (κ2) is 5.89. The Morgan fingerprint density at radius 2 is 1.50 bits per heavy atom. The van der Waals surface area contributed by atoms with E-state index in [0.717, 1.165) is 24.5 Å². The number of piperidine rings is 1. The van der Waals surface area contributed by atoms with E-state index in [1.807, 2.05) is 19.0 Å². The highest BCUT2D eigenvalue weighted by molar-refractivity contribution is 5.82. The predicted molar refractivity (Wildman–Crippen MR) is 69.3 cm³/mol. The fourth-order valence-electron chi connectivity index (χ4n) is 3.19. The van der Waals surface area contributed by atoms with Crippen LogP contribution in [-0.2, 0) is 4.79 Å². The molecule has 0 saturated carbocycles. The summed E-state index contributed by atoms with van der Waals surface area (Å²) >= 11 is 0. The van der Waals surface area contributed by atoms with Gasteiger partial charge in [0.1, 0.15) is 0 Å². The largest absolute Gasteiger partial charge is 0.471 e. The van der Waals surface area contributed by atoms with Gasteiger partial charge in [-0.25, -0.2) is 0 Å². The van der Waals surface area contributed by atoms with Crippen LogP contribution in [0.2, 0.25) is 0 Å². The van der Waals surface area contributed by atoms with Gasteiger partial charge in [-0.2, -0.15) is 13.2 Å². The molecule has 1 unspecified atom stereocenters. The molecule has 0 aromatic rings. The first kappa shape index (κ1) is 15.6. The van der Waals surface area contributed by atoms with Gasteiger partial charge in [0.15, 0.2) is 0 Å². The Morgan fingerprint density at radius 3 is 1.95 bits per heavy atom. The number of carbonyl (C=O) groups excluding carboxylic acids is 1. The Hall–Kier alpha value is -0.820. The van der Waals surface area contributed by atoms with E-state index in [0.29, 0.717) is 25.8 Å². The van der Waals surface area contributed by atoms with E-state index in [1.165, 1.54) is 0 Å². The summed E-state index contributed by atoms with van der Waals surface area (Å²) in [4.78, 5) is 17.0. The lowest BCUT2D eigenvalue weighted by atomic mass is 10.0. The molecule has 2 rings (SSSR count). The number of hydrogen-bond donors (Lipinski definition) is 0. The molecule has 2 fully saturated rings. The van der Waals surface area contributed by atoms with Crippen LogP contribution in [0.5, 0.6) is 0 Å². The molecule has 20 heavy (non-hydrogen) atoms. The van der Waals surface area contributed by atoms with E-state index in [9.17, 15) is 18.0 Å². The van der Waals surface area contributed by atoms with Crippen LogP contribution in [0.4, 0.5) is 13.2 Å². The molecule has 116 valence electrons. The third-order valence-corrected chi connectivity index (χ3v) is 4.32. The van der Waals surface area contributed by atoms with Gasteiger partial charge in [-0.05, 0) is 53.0 Å². The molecule has 0 radical (unpaired) electrons. The zero-order chi connectivity index (χ0) is 14.9. The van der Waals surface area contributed by atoms with Crippen LogP contribution in [0.25, 0.3) is 0 Å². The summed E-state index contributed by atoms with van der Waals surface area (Å²) in [6.07, 6.45) is -2.90. The number of hydrogen-bond acceptors (Lipinski definition) is 3. The number of nitrogens with zero attached hydrogens (tertiary/aromatic N) is 3. The molecule has 2 heterocycles. The van der Waals surface area contributed by atoms with Crippen molar-refractivity contribution in [3.05, 3.63) is 0 Å². The second-order valence-corrected chi connectivity index (χ2v) is 5.95. The van der Waals surface area contributed by atoms with Crippen molar-refractivity contribution >= 4 is 5.91 Å². The van der Waals surface area contributed by atoms with E-state index in [4.69, 9.17) is 0 Å². The SMILES string of the molecule is CN1CCC(N(C(=O)C(F)(F)F)C2CCN(C)C2)CC1. The van der Waals surface area contributed by atoms with E-state index >= 15 is 0 Å². The maximum Gasteiger partial charge on any atom is 0.471 e. The minimum atomic E-state index is -4.77. The van der Waals surface area contributed by atoms with Crippen LogP contribution in [-0.4, -0.2) is 79.1 Å². The fourth-order valence-corrected chi connectivity index (χ4v) is 3.19. The molecule has 0 N–H and O–H groups in total. The van der Waals surface area contributed by atoms with Gasteiger partial charge in [0.2, 0.25) is 0 Å². The Balaban J connectivity index is 2.13. The fraction of sp³-hybridized carbons (Fsp3) is 0.923. The first-order valence-electron chi connectivity index (χ1n) is 7.05. The van der Waals surface area contributed by atoms with Gasteiger partial charge >= 0.3 is 12.1 Å². The lowest BCUT2D eigenvalue weighted by Crippen LogP contribution is -2.55. The molecular formula is C13H22F3N3O. The van der Waals surface area contributed by atoms with Crippen LogP contribution in [0.1, 0.15) is 19.3 Å². The molecule has 2 aliphatic rings. The first-order valence-corrected chi connectivity index (χ1v) is 7.05. The summed E-state index contributed by atoms with van der Waals surface area (Å²) < 4.78 is 38.6. The van der Waals surface area contributed by atoms with Crippen LogP contribution in [0.3, 0.4) is 0 Å². The molecule has 0 spiro atoms. The Kier molecular flexibility index (Phi) is 4.59. The summed E-state index contributed by atoms with van der Waals surface area (Å²) in [5.74, 6) is -1.66. The van der Waals surface area contributed by atoms with Gasteiger partial charge < -0.3 is 14.7 Å². The molecule has 0 aromatic carbocycles. The monoisotopic (exact) mass is 293 g/mol. The minimum Gasteiger partial charge on any atom is -0.327 e. The Labute approximate surface area is 117 Å². The van der Waals surface area contributed by atoms with Gasteiger partial charge in [0.25, 0.3) is 0 Å². The van der Waals surface area contributed by atoms with Crippen molar-refractivity contribution in [2.45, 2.75) is 37.5 Å². The molecule has 1 amide bonds. The van der Waals surface area contributed by atoms with Crippen molar-refractivity contribution in [1.29, 1.82) is 0 Å². The lowest BCUT2D eigenvalue weighted by molar-refractivity contribution is -0.191.